The minimum Gasteiger partial charge on any atom is -0.481 e. The number of methoxy groups -OCH3 is 1. The highest BCUT2D eigenvalue weighted by atomic mass is 32.2. The first-order chi connectivity index (χ1) is 17.0. The van der Waals surface area contributed by atoms with Crippen molar-refractivity contribution in [1.82, 2.24) is 20.3 Å². The number of aromatic nitrogens is 3. The third-order valence-electron chi connectivity index (χ3n) is 6.29. The molecule has 1 aliphatic carbocycles. The summed E-state index contributed by atoms with van der Waals surface area (Å²) in [5.41, 5.74) is 2.57. The molecule has 3 aromatic rings. The summed E-state index contributed by atoms with van der Waals surface area (Å²) in [6.45, 7) is 0.461. The highest BCUT2D eigenvalue weighted by Crippen LogP contribution is 2.31. The second-order valence-corrected chi connectivity index (χ2v) is 9.64. The number of carbonyl (C=O) groups excluding carboxylic acids is 2. The van der Waals surface area contributed by atoms with Crippen molar-refractivity contribution in [1.29, 1.82) is 0 Å². The Morgan fingerprint density at radius 1 is 1.23 bits per heavy atom. The molecule has 0 bridgehead atoms. The molecule has 0 radical (unpaired) electrons. The van der Waals surface area contributed by atoms with Crippen LogP contribution in [0.25, 0.3) is 11.0 Å². The van der Waals surface area contributed by atoms with Crippen LogP contribution in [-0.4, -0.2) is 56.9 Å². The standard InChI is InChI=1S/C24H26N6O4S/c1-34-21-7-5-16-22(30-21)17(8-9-25-16)28-24(33)13-2-4-15(18(31)10-13)26-11-14-3-6-19-23(27-14)29-20(32)12-35-19/h3,5-9,13,15,18,26,31H,2,4,10-12H2,1H3,(H,25,28,33)(H,27,29,32)/t13-,15-,18-/m1/s1. The van der Waals surface area contributed by atoms with Gasteiger partial charge in [0, 0.05) is 30.8 Å². The lowest BCUT2D eigenvalue weighted by Gasteiger charge is -2.33. The van der Waals surface area contributed by atoms with Gasteiger partial charge < -0.3 is 25.8 Å². The molecule has 11 heteroatoms. The largest absolute Gasteiger partial charge is 0.481 e. The predicted octanol–water partition coefficient (Wildman–Crippen LogP) is 2.34. The number of hydrogen-bond acceptors (Lipinski definition) is 9. The van der Waals surface area contributed by atoms with Gasteiger partial charge in [0.25, 0.3) is 0 Å². The first kappa shape index (κ1) is 23.5. The maximum Gasteiger partial charge on any atom is 0.235 e. The van der Waals surface area contributed by atoms with Crippen LogP contribution in [0.3, 0.4) is 0 Å². The van der Waals surface area contributed by atoms with Gasteiger partial charge in [-0.15, -0.1) is 11.8 Å². The second kappa shape index (κ2) is 10.1. The van der Waals surface area contributed by atoms with E-state index in [9.17, 15) is 14.7 Å². The quantitative estimate of drug-likeness (QED) is 0.407. The van der Waals surface area contributed by atoms with Crippen molar-refractivity contribution >= 4 is 46.1 Å². The van der Waals surface area contributed by atoms with Crippen molar-refractivity contribution in [2.75, 3.05) is 23.5 Å². The third kappa shape index (κ3) is 5.21. The van der Waals surface area contributed by atoms with Crippen LogP contribution >= 0.6 is 11.8 Å². The molecule has 10 nitrogen and oxygen atoms in total. The summed E-state index contributed by atoms with van der Waals surface area (Å²) >= 11 is 1.47. The van der Waals surface area contributed by atoms with E-state index < -0.39 is 6.10 Å². The van der Waals surface area contributed by atoms with Crippen molar-refractivity contribution in [3.05, 3.63) is 42.2 Å². The number of pyridine rings is 3. The number of aliphatic hydroxyl groups excluding tert-OH is 1. The molecule has 182 valence electrons. The van der Waals surface area contributed by atoms with Crippen LogP contribution in [0, 0.1) is 5.92 Å². The zero-order valence-corrected chi connectivity index (χ0v) is 20.0. The molecule has 3 aromatic heterocycles. The normalized spacial score (nSPS) is 21.8. The lowest BCUT2D eigenvalue weighted by atomic mass is 9.83. The van der Waals surface area contributed by atoms with Gasteiger partial charge in [0.2, 0.25) is 17.7 Å². The number of ether oxygens (including phenoxy) is 1. The number of nitrogens with zero attached hydrogens (tertiary/aromatic N) is 3. The fourth-order valence-corrected chi connectivity index (χ4v) is 5.17. The molecule has 4 heterocycles. The Balaban J connectivity index is 1.18. The number of rotatable bonds is 6. The highest BCUT2D eigenvalue weighted by Gasteiger charge is 2.33. The first-order valence-corrected chi connectivity index (χ1v) is 12.4. The van der Waals surface area contributed by atoms with E-state index in [4.69, 9.17) is 4.74 Å². The maximum atomic E-state index is 13.0. The molecular formula is C24H26N6O4S. The summed E-state index contributed by atoms with van der Waals surface area (Å²) in [7, 11) is 1.54. The fraction of sp³-hybridized carbons (Fsp3) is 0.375. The average Bonchev–Trinajstić information content (AvgIpc) is 2.87. The number of carbonyl (C=O) groups is 2. The minimum atomic E-state index is -0.667. The number of thioether (sulfide) groups is 1. The third-order valence-corrected chi connectivity index (χ3v) is 7.34. The van der Waals surface area contributed by atoms with E-state index >= 15 is 0 Å². The van der Waals surface area contributed by atoms with Crippen LogP contribution in [0.1, 0.15) is 25.0 Å². The molecule has 1 saturated carbocycles. The summed E-state index contributed by atoms with van der Waals surface area (Å²) < 4.78 is 5.20. The van der Waals surface area contributed by atoms with Crippen LogP contribution in [0.15, 0.2) is 41.4 Å². The van der Waals surface area contributed by atoms with Gasteiger partial charge in [-0.25, -0.2) is 9.97 Å². The number of anilines is 2. The first-order valence-electron chi connectivity index (χ1n) is 11.4. The molecule has 0 saturated heterocycles. The lowest BCUT2D eigenvalue weighted by Crippen LogP contribution is -2.46. The summed E-state index contributed by atoms with van der Waals surface area (Å²) in [6.07, 6.45) is 2.61. The predicted molar refractivity (Wildman–Crippen MR) is 132 cm³/mol. The van der Waals surface area contributed by atoms with Crippen LogP contribution < -0.4 is 20.7 Å². The number of amides is 2. The van der Waals surface area contributed by atoms with E-state index in [0.717, 1.165) is 10.6 Å². The molecule has 35 heavy (non-hydrogen) atoms. The maximum absolute atomic E-state index is 13.0. The highest BCUT2D eigenvalue weighted by molar-refractivity contribution is 8.00. The molecule has 0 spiro atoms. The Kier molecular flexibility index (Phi) is 6.80. The van der Waals surface area contributed by atoms with Gasteiger partial charge in [-0.1, -0.05) is 0 Å². The van der Waals surface area contributed by atoms with Crippen molar-refractivity contribution in [2.24, 2.45) is 5.92 Å². The molecule has 2 aliphatic rings. The monoisotopic (exact) mass is 494 g/mol. The van der Waals surface area contributed by atoms with E-state index in [2.05, 4.69) is 30.9 Å². The summed E-state index contributed by atoms with van der Waals surface area (Å²) in [5.74, 6) is 0.911. The smallest absolute Gasteiger partial charge is 0.235 e. The summed E-state index contributed by atoms with van der Waals surface area (Å²) in [5, 5.41) is 19.8. The van der Waals surface area contributed by atoms with Crippen molar-refractivity contribution in [2.45, 2.75) is 42.8 Å². The van der Waals surface area contributed by atoms with E-state index in [-0.39, 0.29) is 23.8 Å². The lowest BCUT2D eigenvalue weighted by molar-refractivity contribution is -0.122. The molecule has 5 rings (SSSR count). The van der Waals surface area contributed by atoms with Gasteiger partial charge in [-0.3, -0.25) is 14.6 Å². The van der Waals surface area contributed by atoms with Crippen molar-refractivity contribution in [3.63, 3.8) is 0 Å². The Bertz CT molecular complexity index is 1270. The molecule has 0 unspecified atom stereocenters. The summed E-state index contributed by atoms with van der Waals surface area (Å²) in [6, 6.07) is 8.96. The van der Waals surface area contributed by atoms with Gasteiger partial charge in [-0.2, -0.15) is 0 Å². The van der Waals surface area contributed by atoms with E-state index in [1.807, 2.05) is 12.1 Å². The minimum absolute atomic E-state index is 0.0539. The Labute approximate surface area is 206 Å². The molecule has 4 N–H and O–H groups in total. The number of fused-ring (bicyclic) bond motifs is 2. The van der Waals surface area contributed by atoms with Gasteiger partial charge in [0.1, 0.15) is 11.3 Å². The topological polar surface area (TPSA) is 138 Å². The number of aliphatic hydroxyl groups is 1. The van der Waals surface area contributed by atoms with E-state index in [1.54, 1.807) is 24.4 Å². The SMILES string of the molecule is COc1ccc2nccc(NC(=O)[C@@H]3CC[C@@H](NCc4ccc5c(n4)NC(=O)CS5)[C@H](O)C3)c2n1. The van der Waals surface area contributed by atoms with Crippen LogP contribution in [0.5, 0.6) is 5.88 Å². The molecule has 1 fully saturated rings. The Morgan fingerprint density at radius 3 is 2.94 bits per heavy atom. The van der Waals surface area contributed by atoms with E-state index in [1.165, 1.54) is 18.9 Å². The fourth-order valence-electron chi connectivity index (χ4n) is 4.42. The van der Waals surface area contributed by atoms with Crippen LogP contribution in [0.4, 0.5) is 11.5 Å². The zero-order chi connectivity index (χ0) is 24.4. The molecule has 3 atom stereocenters. The second-order valence-electron chi connectivity index (χ2n) is 8.62. The van der Waals surface area contributed by atoms with Crippen LogP contribution in [-0.2, 0) is 16.1 Å². The molecule has 0 aromatic carbocycles. The Hall–Kier alpha value is -3.28. The molecule has 1 aliphatic heterocycles. The van der Waals surface area contributed by atoms with Gasteiger partial charge >= 0.3 is 0 Å². The van der Waals surface area contributed by atoms with Crippen molar-refractivity contribution < 1.29 is 19.4 Å². The average molecular weight is 495 g/mol. The van der Waals surface area contributed by atoms with Crippen LogP contribution in [0.2, 0.25) is 0 Å². The Morgan fingerprint density at radius 2 is 2.11 bits per heavy atom. The number of nitrogens with one attached hydrogen (secondary N) is 3. The number of hydrogen-bond donors (Lipinski definition) is 4. The summed E-state index contributed by atoms with van der Waals surface area (Å²) in [4.78, 5) is 38.8. The van der Waals surface area contributed by atoms with Gasteiger partial charge in [-0.05, 0) is 43.5 Å². The van der Waals surface area contributed by atoms with Crippen molar-refractivity contribution in [3.8, 4) is 5.88 Å². The van der Waals surface area contributed by atoms with E-state index in [0.29, 0.717) is 60.0 Å². The molecular weight excluding hydrogens is 468 g/mol. The molecule has 2 amide bonds. The van der Waals surface area contributed by atoms with Gasteiger partial charge in [0.15, 0.2) is 0 Å². The zero-order valence-electron chi connectivity index (χ0n) is 19.2. The van der Waals surface area contributed by atoms with Gasteiger partial charge in [0.05, 0.1) is 40.8 Å².